The highest BCUT2D eigenvalue weighted by Gasteiger charge is 2.58. The van der Waals surface area contributed by atoms with E-state index in [1.807, 2.05) is 0 Å². The summed E-state index contributed by atoms with van der Waals surface area (Å²) in [5.74, 6) is 2.35. The summed E-state index contributed by atoms with van der Waals surface area (Å²) in [6.07, 6.45) is 9.66. The Bertz CT molecular complexity index is 534. The standard InChI is InChI=1S/C18H26N2O3/c21-15(14-7-18(8-14)11-23-16(22)19-18)20-9-17(10-20)5-13(6-17)12-3-1-2-4-12/h12-14H,1-11H2,(H,19,22). The first-order valence-electron chi connectivity index (χ1n) is 9.30. The Labute approximate surface area is 137 Å². The van der Waals surface area contributed by atoms with Crippen molar-refractivity contribution in [2.24, 2.45) is 23.2 Å². The molecule has 2 amide bonds. The van der Waals surface area contributed by atoms with Crippen LogP contribution in [0.4, 0.5) is 4.79 Å². The Morgan fingerprint density at radius 2 is 1.78 bits per heavy atom. The number of hydrogen-bond donors (Lipinski definition) is 1. The normalized spacial score (nSPS) is 32.3. The summed E-state index contributed by atoms with van der Waals surface area (Å²) in [6, 6.07) is 0. The Balaban J connectivity index is 1.09. The molecule has 3 saturated carbocycles. The van der Waals surface area contributed by atoms with Gasteiger partial charge >= 0.3 is 6.09 Å². The van der Waals surface area contributed by atoms with E-state index >= 15 is 0 Å². The molecule has 126 valence electrons. The van der Waals surface area contributed by atoms with Crippen LogP contribution in [0.2, 0.25) is 0 Å². The van der Waals surface area contributed by atoms with Crippen LogP contribution in [0.1, 0.15) is 51.4 Å². The molecule has 0 aromatic heterocycles. The molecule has 0 bridgehead atoms. The maximum atomic E-state index is 12.6. The smallest absolute Gasteiger partial charge is 0.407 e. The SMILES string of the molecule is O=C1NC2(CO1)CC(C(=O)N1CC3(CC(C4CCCC4)C3)C1)C2. The molecule has 2 spiro atoms. The first-order valence-corrected chi connectivity index (χ1v) is 9.30. The minimum atomic E-state index is -0.328. The zero-order chi connectivity index (χ0) is 15.7. The van der Waals surface area contributed by atoms with Crippen LogP contribution in [-0.4, -0.2) is 42.1 Å². The predicted molar refractivity (Wildman–Crippen MR) is 83.6 cm³/mol. The minimum absolute atomic E-state index is 0.0973. The van der Waals surface area contributed by atoms with Gasteiger partial charge in [-0.1, -0.05) is 25.7 Å². The Morgan fingerprint density at radius 3 is 2.39 bits per heavy atom. The third kappa shape index (κ3) is 2.11. The number of carbonyl (C=O) groups excluding carboxylic acids is 2. The largest absolute Gasteiger partial charge is 0.447 e. The van der Waals surface area contributed by atoms with E-state index in [0.717, 1.165) is 37.8 Å². The maximum absolute atomic E-state index is 12.6. The third-order valence-corrected chi connectivity index (χ3v) is 7.29. The van der Waals surface area contributed by atoms with Crippen molar-refractivity contribution in [3.05, 3.63) is 0 Å². The summed E-state index contributed by atoms with van der Waals surface area (Å²) in [5, 5.41) is 2.87. The number of nitrogens with one attached hydrogen (secondary N) is 1. The summed E-state index contributed by atoms with van der Waals surface area (Å²) < 4.78 is 4.98. The van der Waals surface area contributed by atoms with Crippen LogP contribution in [-0.2, 0) is 9.53 Å². The molecule has 5 heteroatoms. The summed E-state index contributed by atoms with van der Waals surface area (Å²) in [7, 11) is 0. The van der Waals surface area contributed by atoms with E-state index in [1.54, 1.807) is 0 Å². The molecule has 0 atom stereocenters. The van der Waals surface area contributed by atoms with Crippen molar-refractivity contribution < 1.29 is 14.3 Å². The second-order valence-corrected chi connectivity index (χ2v) is 8.99. The number of likely N-dealkylation sites (tertiary alicyclic amines) is 1. The molecule has 0 aromatic rings. The highest BCUT2D eigenvalue weighted by atomic mass is 16.6. The summed E-state index contributed by atoms with van der Waals surface area (Å²) in [5.41, 5.74) is 0.249. The zero-order valence-electron chi connectivity index (χ0n) is 13.7. The first kappa shape index (κ1) is 14.1. The van der Waals surface area contributed by atoms with Gasteiger partial charge in [-0.05, 0) is 37.5 Å². The van der Waals surface area contributed by atoms with E-state index in [2.05, 4.69) is 10.2 Å². The number of cyclic esters (lactones) is 1. The lowest BCUT2D eigenvalue weighted by molar-refractivity contribution is -0.167. The van der Waals surface area contributed by atoms with Gasteiger partial charge in [0.2, 0.25) is 5.91 Å². The second-order valence-electron chi connectivity index (χ2n) is 8.99. The van der Waals surface area contributed by atoms with E-state index in [9.17, 15) is 9.59 Å². The molecule has 0 radical (unpaired) electrons. The van der Waals surface area contributed by atoms with E-state index in [-0.39, 0.29) is 17.6 Å². The molecule has 5 nitrogen and oxygen atoms in total. The predicted octanol–water partition coefficient (Wildman–Crippen LogP) is 2.30. The van der Waals surface area contributed by atoms with Gasteiger partial charge in [0.1, 0.15) is 6.61 Å². The molecule has 0 unspecified atom stereocenters. The van der Waals surface area contributed by atoms with Crippen LogP contribution in [0.5, 0.6) is 0 Å². The van der Waals surface area contributed by atoms with Gasteiger partial charge in [0, 0.05) is 24.4 Å². The molecule has 23 heavy (non-hydrogen) atoms. The van der Waals surface area contributed by atoms with Gasteiger partial charge in [-0.2, -0.15) is 0 Å². The van der Waals surface area contributed by atoms with Gasteiger partial charge in [0.05, 0.1) is 5.54 Å². The van der Waals surface area contributed by atoms with Crippen molar-refractivity contribution >= 4 is 12.0 Å². The fourth-order valence-corrected chi connectivity index (χ4v) is 6.02. The van der Waals surface area contributed by atoms with Crippen molar-refractivity contribution in [2.45, 2.75) is 56.9 Å². The number of alkyl carbamates (subject to hydrolysis) is 1. The molecule has 3 aliphatic carbocycles. The lowest BCUT2D eigenvalue weighted by Crippen LogP contribution is -2.67. The van der Waals surface area contributed by atoms with Gasteiger partial charge in [0.15, 0.2) is 0 Å². The van der Waals surface area contributed by atoms with Crippen LogP contribution in [0, 0.1) is 23.2 Å². The molecule has 5 fully saturated rings. The molecular formula is C18H26N2O3. The number of nitrogens with zero attached hydrogens (tertiary/aromatic N) is 1. The fraction of sp³-hybridized carbons (Fsp3) is 0.889. The lowest BCUT2D eigenvalue weighted by Gasteiger charge is -2.61. The second kappa shape index (κ2) is 4.64. The van der Waals surface area contributed by atoms with E-state index in [1.165, 1.54) is 38.5 Å². The Morgan fingerprint density at radius 1 is 1.09 bits per heavy atom. The fourth-order valence-electron chi connectivity index (χ4n) is 6.02. The molecule has 2 heterocycles. The molecule has 1 N–H and O–H groups in total. The quantitative estimate of drug-likeness (QED) is 0.850. The van der Waals surface area contributed by atoms with Gasteiger partial charge < -0.3 is 15.0 Å². The molecule has 5 aliphatic rings. The molecular weight excluding hydrogens is 292 g/mol. The maximum Gasteiger partial charge on any atom is 0.407 e. The Hall–Kier alpha value is -1.26. The molecule has 0 aromatic carbocycles. The summed E-state index contributed by atoms with van der Waals surface area (Å²) in [4.78, 5) is 25.8. The minimum Gasteiger partial charge on any atom is -0.447 e. The van der Waals surface area contributed by atoms with E-state index < -0.39 is 0 Å². The van der Waals surface area contributed by atoms with Crippen LogP contribution in [0.25, 0.3) is 0 Å². The van der Waals surface area contributed by atoms with Gasteiger partial charge in [-0.15, -0.1) is 0 Å². The number of ether oxygens (including phenoxy) is 1. The van der Waals surface area contributed by atoms with Crippen molar-refractivity contribution in [3.8, 4) is 0 Å². The van der Waals surface area contributed by atoms with Gasteiger partial charge in [-0.3, -0.25) is 4.79 Å². The van der Waals surface area contributed by atoms with Crippen LogP contribution < -0.4 is 5.32 Å². The number of carbonyl (C=O) groups is 2. The Kier molecular flexibility index (Phi) is 2.85. The molecule has 2 aliphatic heterocycles. The molecule has 5 rings (SSSR count). The van der Waals surface area contributed by atoms with Gasteiger partial charge in [0.25, 0.3) is 0 Å². The van der Waals surface area contributed by atoms with E-state index in [0.29, 0.717) is 17.9 Å². The van der Waals surface area contributed by atoms with Crippen LogP contribution in [0.15, 0.2) is 0 Å². The van der Waals surface area contributed by atoms with Crippen molar-refractivity contribution in [1.82, 2.24) is 10.2 Å². The van der Waals surface area contributed by atoms with Crippen molar-refractivity contribution in [1.29, 1.82) is 0 Å². The summed E-state index contributed by atoms with van der Waals surface area (Å²) >= 11 is 0. The number of hydrogen-bond acceptors (Lipinski definition) is 3. The highest BCUT2D eigenvalue weighted by Crippen LogP contribution is 2.57. The number of rotatable bonds is 2. The highest BCUT2D eigenvalue weighted by molar-refractivity contribution is 5.82. The van der Waals surface area contributed by atoms with Crippen LogP contribution in [0.3, 0.4) is 0 Å². The average Bonchev–Trinajstić information content (AvgIpc) is 3.02. The number of amides is 2. The monoisotopic (exact) mass is 318 g/mol. The third-order valence-electron chi connectivity index (χ3n) is 7.29. The van der Waals surface area contributed by atoms with Crippen LogP contribution >= 0.6 is 0 Å². The van der Waals surface area contributed by atoms with Crippen molar-refractivity contribution in [3.63, 3.8) is 0 Å². The first-order chi connectivity index (χ1) is 11.1. The lowest BCUT2D eigenvalue weighted by atomic mass is 9.54. The average molecular weight is 318 g/mol. The van der Waals surface area contributed by atoms with Gasteiger partial charge in [-0.25, -0.2) is 4.79 Å². The molecule has 2 saturated heterocycles. The zero-order valence-corrected chi connectivity index (χ0v) is 13.7. The summed E-state index contributed by atoms with van der Waals surface area (Å²) in [6.45, 7) is 2.41. The van der Waals surface area contributed by atoms with Crippen molar-refractivity contribution in [2.75, 3.05) is 19.7 Å². The topological polar surface area (TPSA) is 58.6 Å². The van der Waals surface area contributed by atoms with E-state index in [4.69, 9.17) is 4.74 Å².